The SMILES string of the molecule is CCC1CNCCC1(O)c1ccc2[nH]ccc2c1. The Balaban J connectivity index is 2.04. The molecular weight excluding hydrogens is 224 g/mol. The summed E-state index contributed by atoms with van der Waals surface area (Å²) in [7, 11) is 0. The standard InChI is InChI=1S/C15H20N2O/c1-2-12-10-16-8-6-15(12,18)13-3-4-14-11(9-13)5-7-17-14/h3-5,7,9,12,16-18H,2,6,8,10H2,1H3. The number of hydrogen-bond acceptors (Lipinski definition) is 2. The molecule has 18 heavy (non-hydrogen) atoms. The molecule has 1 aliphatic heterocycles. The van der Waals surface area contributed by atoms with Crippen LogP contribution in [0.2, 0.25) is 0 Å². The quantitative estimate of drug-likeness (QED) is 0.759. The number of aliphatic hydroxyl groups is 1. The Bertz CT molecular complexity index is 548. The van der Waals surface area contributed by atoms with Crippen LogP contribution in [0.5, 0.6) is 0 Å². The summed E-state index contributed by atoms with van der Waals surface area (Å²) in [6, 6.07) is 8.31. The molecule has 2 aromatic rings. The summed E-state index contributed by atoms with van der Waals surface area (Å²) in [6.07, 6.45) is 3.73. The van der Waals surface area contributed by atoms with Gasteiger partial charge in [0.2, 0.25) is 0 Å². The first-order valence-electron chi connectivity index (χ1n) is 6.75. The molecule has 0 aliphatic carbocycles. The van der Waals surface area contributed by atoms with Crippen LogP contribution < -0.4 is 5.32 Å². The van der Waals surface area contributed by atoms with Gasteiger partial charge in [-0.05, 0) is 48.5 Å². The fourth-order valence-electron chi connectivity index (χ4n) is 3.11. The van der Waals surface area contributed by atoms with Crippen molar-refractivity contribution in [3.8, 4) is 0 Å². The van der Waals surface area contributed by atoms with E-state index in [9.17, 15) is 5.11 Å². The molecule has 1 fully saturated rings. The van der Waals surface area contributed by atoms with E-state index in [2.05, 4.69) is 41.5 Å². The Morgan fingerprint density at radius 3 is 3.11 bits per heavy atom. The van der Waals surface area contributed by atoms with E-state index in [0.717, 1.165) is 37.0 Å². The molecule has 3 N–H and O–H groups in total. The summed E-state index contributed by atoms with van der Waals surface area (Å²) in [5, 5.41) is 15.6. The lowest BCUT2D eigenvalue weighted by Crippen LogP contribution is -2.47. The van der Waals surface area contributed by atoms with Gasteiger partial charge in [-0.15, -0.1) is 0 Å². The van der Waals surface area contributed by atoms with Crippen LogP contribution in [0.15, 0.2) is 30.5 Å². The maximum absolute atomic E-state index is 11.0. The summed E-state index contributed by atoms with van der Waals surface area (Å²) in [5.41, 5.74) is 1.51. The van der Waals surface area contributed by atoms with Crippen LogP contribution in [0.4, 0.5) is 0 Å². The number of hydrogen-bond donors (Lipinski definition) is 3. The van der Waals surface area contributed by atoms with Gasteiger partial charge in [0.1, 0.15) is 0 Å². The van der Waals surface area contributed by atoms with Crippen molar-refractivity contribution in [3.05, 3.63) is 36.0 Å². The highest BCUT2D eigenvalue weighted by Crippen LogP contribution is 2.37. The van der Waals surface area contributed by atoms with Crippen molar-refractivity contribution < 1.29 is 5.11 Å². The maximum atomic E-state index is 11.0. The largest absolute Gasteiger partial charge is 0.385 e. The van der Waals surface area contributed by atoms with Gasteiger partial charge in [-0.2, -0.15) is 0 Å². The van der Waals surface area contributed by atoms with Gasteiger partial charge in [-0.3, -0.25) is 0 Å². The van der Waals surface area contributed by atoms with Crippen molar-refractivity contribution in [2.75, 3.05) is 13.1 Å². The summed E-state index contributed by atoms with van der Waals surface area (Å²) in [4.78, 5) is 3.19. The van der Waals surface area contributed by atoms with Crippen LogP contribution in [0.25, 0.3) is 10.9 Å². The molecule has 0 bridgehead atoms. The average molecular weight is 244 g/mol. The topological polar surface area (TPSA) is 48.0 Å². The van der Waals surface area contributed by atoms with Gasteiger partial charge in [0.15, 0.2) is 0 Å². The third-order valence-electron chi connectivity index (χ3n) is 4.30. The van der Waals surface area contributed by atoms with Crippen molar-refractivity contribution in [1.29, 1.82) is 0 Å². The first-order chi connectivity index (χ1) is 8.74. The average Bonchev–Trinajstić information content (AvgIpc) is 2.86. The summed E-state index contributed by atoms with van der Waals surface area (Å²) in [5.74, 6) is 0.294. The zero-order valence-electron chi connectivity index (χ0n) is 10.7. The minimum atomic E-state index is -0.675. The Labute approximate surface area is 107 Å². The minimum Gasteiger partial charge on any atom is -0.385 e. The number of benzene rings is 1. The molecule has 2 unspecified atom stereocenters. The van der Waals surface area contributed by atoms with E-state index >= 15 is 0 Å². The molecule has 96 valence electrons. The highest BCUT2D eigenvalue weighted by atomic mass is 16.3. The highest BCUT2D eigenvalue weighted by Gasteiger charge is 2.39. The van der Waals surface area contributed by atoms with Gasteiger partial charge in [0, 0.05) is 24.2 Å². The van der Waals surface area contributed by atoms with E-state index in [-0.39, 0.29) is 0 Å². The van der Waals surface area contributed by atoms with Gasteiger partial charge in [-0.1, -0.05) is 13.0 Å². The van der Waals surface area contributed by atoms with Crippen LogP contribution in [-0.2, 0) is 5.60 Å². The lowest BCUT2D eigenvalue weighted by molar-refractivity contribution is -0.0477. The molecule has 1 aliphatic rings. The molecule has 0 saturated carbocycles. The molecule has 2 atom stereocenters. The minimum absolute atomic E-state index is 0.294. The molecular formula is C15H20N2O. The lowest BCUT2D eigenvalue weighted by atomic mass is 9.75. The number of nitrogens with one attached hydrogen (secondary N) is 2. The molecule has 0 spiro atoms. The van der Waals surface area contributed by atoms with Crippen molar-refractivity contribution in [2.24, 2.45) is 5.92 Å². The Morgan fingerprint density at radius 1 is 1.39 bits per heavy atom. The van der Waals surface area contributed by atoms with Crippen molar-refractivity contribution in [1.82, 2.24) is 10.3 Å². The van der Waals surface area contributed by atoms with Crippen molar-refractivity contribution in [2.45, 2.75) is 25.4 Å². The first-order valence-corrected chi connectivity index (χ1v) is 6.75. The fraction of sp³-hybridized carbons (Fsp3) is 0.467. The van der Waals surface area contributed by atoms with Crippen LogP contribution in [-0.4, -0.2) is 23.2 Å². The van der Waals surface area contributed by atoms with Crippen LogP contribution in [0, 0.1) is 5.92 Å². The maximum Gasteiger partial charge on any atom is 0.0948 e. The molecule has 1 aromatic heterocycles. The van der Waals surface area contributed by atoms with Crippen LogP contribution in [0.1, 0.15) is 25.3 Å². The Morgan fingerprint density at radius 2 is 2.28 bits per heavy atom. The third kappa shape index (κ3) is 1.74. The number of fused-ring (bicyclic) bond motifs is 1. The second-order valence-corrected chi connectivity index (χ2v) is 5.26. The number of H-pyrrole nitrogens is 1. The third-order valence-corrected chi connectivity index (χ3v) is 4.30. The van der Waals surface area contributed by atoms with E-state index in [1.807, 2.05) is 6.20 Å². The smallest absolute Gasteiger partial charge is 0.0948 e. The Hall–Kier alpha value is -1.32. The van der Waals surface area contributed by atoms with E-state index in [1.54, 1.807) is 0 Å². The molecule has 1 aromatic carbocycles. The number of aromatic amines is 1. The van der Waals surface area contributed by atoms with E-state index < -0.39 is 5.60 Å². The van der Waals surface area contributed by atoms with Crippen LogP contribution in [0.3, 0.4) is 0 Å². The number of rotatable bonds is 2. The fourth-order valence-corrected chi connectivity index (χ4v) is 3.11. The monoisotopic (exact) mass is 244 g/mol. The number of piperidine rings is 1. The second kappa shape index (κ2) is 4.41. The zero-order valence-corrected chi connectivity index (χ0v) is 10.7. The second-order valence-electron chi connectivity index (χ2n) is 5.26. The van der Waals surface area contributed by atoms with Gasteiger partial charge < -0.3 is 15.4 Å². The highest BCUT2D eigenvalue weighted by molar-refractivity contribution is 5.80. The van der Waals surface area contributed by atoms with Gasteiger partial charge >= 0.3 is 0 Å². The lowest BCUT2D eigenvalue weighted by Gasteiger charge is -2.40. The van der Waals surface area contributed by atoms with Gasteiger partial charge in [0.05, 0.1) is 5.60 Å². The van der Waals surface area contributed by atoms with Gasteiger partial charge in [0.25, 0.3) is 0 Å². The molecule has 2 heterocycles. The molecule has 0 radical (unpaired) electrons. The van der Waals surface area contributed by atoms with E-state index in [1.165, 1.54) is 5.39 Å². The number of aromatic nitrogens is 1. The Kier molecular flexibility index (Phi) is 2.88. The predicted molar refractivity (Wildman–Crippen MR) is 73.5 cm³/mol. The van der Waals surface area contributed by atoms with E-state index in [4.69, 9.17) is 0 Å². The zero-order chi connectivity index (χ0) is 12.6. The summed E-state index contributed by atoms with van der Waals surface area (Å²) in [6.45, 7) is 3.94. The summed E-state index contributed by atoms with van der Waals surface area (Å²) < 4.78 is 0. The molecule has 3 rings (SSSR count). The van der Waals surface area contributed by atoms with Crippen molar-refractivity contribution >= 4 is 10.9 Å². The molecule has 0 amide bonds. The van der Waals surface area contributed by atoms with Crippen molar-refractivity contribution in [3.63, 3.8) is 0 Å². The molecule has 3 heteroatoms. The first kappa shape index (κ1) is 11.8. The molecule has 3 nitrogen and oxygen atoms in total. The van der Waals surface area contributed by atoms with E-state index in [0.29, 0.717) is 5.92 Å². The van der Waals surface area contributed by atoms with Crippen LogP contribution >= 0.6 is 0 Å². The normalized spacial score (nSPS) is 28.7. The molecule has 1 saturated heterocycles. The predicted octanol–water partition coefficient (Wildman–Crippen LogP) is 2.38. The summed E-state index contributed by atoms with van der Waals surface area (Å²) >= 11 is 0. The van der Waals surface area contributed by atoms with Gasteiger partial charge in [-0.25, -0.2) is 0 Å².